The van der Waals surface area contributed by atoms with Crippen molar-refractivity contribution in [2.75, 3.05) is 78.5 Å². The van der Waals surface area contributed by atoms with Crippen molar-refractivity contribution in [3.8, 4) is 0 Å². The van der Waals surface area contributed by atoms with Crippen LogP contribution in [0.4, 0.5) is 0 Å². The Balaban J connectivity index is 0.000000443. The van der Waals surface area contributed by atoms with E-state index in [1.54, 1.807) is 13.8 Å². The van der Waals surface area contributed by atoms with Crippen molar-refractivity contribution in [3.05, 3.63) is 0 Å². The highest BCUT2D eigenvalue weighted by molar-refractivity contribution is 6.92. The molecule has 2 aliphatic rings. The maximum Gasteiger partial charge on any atom is 0.216 e. The van der Waals surface area contributed by atoms with E-state index in [4.69, 9.17) is 0 Å². The lowest BCUT2D eigenvalue weighted by atomic mass is 10.3. The van der Waals surface area contributed by atoms with Crippen molar-refractivity contribution < 1.29 is 9.59 Å². The van der Waals surface area contributed by atoms with Crippen LogP contribution in [0.25, 0.3) is 0 Å². The van der Waals surface area contributed by atoms with E-state index in [-0.39, 0.29) is 21.7 Å². The number of nitrogens with one attached hydrogen (secondary N) is 4. The first-order chi connectivity index (χ1) is 11.6. The van der Waals surface area contributed by atoms with E-state index in [0.29, 0.717) is 0 Å². The summed E-state index contributed by atoms with van der Waals surface area (Å²) >= 11 is 0. The predicted molar refractivity (Wildman–Crippen MR) is 107 cm³/mol. The summed E-state index contributed by atoms with van der Waals surface area (Å²) in [6, 6.07) is 0. The molecule has 0 aliphatic carbocycles. The van der Waals surface area contributed by atoms with E-state index in [1.165, 1.54) is 0 Å². The molecule has 0 radical (unpaired) electrons. The maximum absolute atomic E-state index is 10.5. The molecule has 1 unspecified atom stereocenters. The van der Waals surface area contributed by atoms with E-state index >= 15 is 0 Å². The van der Waals surface area contributed by atoms with Gasteiger partial charge in [-0.05, 0) is 0 Å². The molecule has 1 atom stereocenters. The van der Waals surface area contributed by atoms with E-state index < -0.39 is 0 Å². The molecule has 0 spiro atoms. The second kappa shape index (κ2) is 15.5. The monoisotopic (exact) mass is 376 g/mol. The van der Waals surface area contributed by atoms with Crippen molar-refractivity contribution >= 4 is 21.7 Å². The molecule has 2 amide bonds. The Hall–Kier alpha value is -0.790. The van der Waals surface area contributed by atoms with Gasteiger partial charge >= 0.3 is 0 Å². The Morgan fingerprint density at radius 2 is 1.08 bits per heavy atom. The van der Waals surface area contributed by atoms with Crippen molar-refractivity contribution in [3.63, 3.8) is 0 Å². The standard InChI is InChI=1S/2C8H17N3O.H3P/c2*1-8(12)10-4-7-11-5-2-9-3-6-11;/h2*9H,2-7H2,1H3,(H,10,12);1H3. The van der Waals surface area contributed by atoms with Crippen LogP contribution in [-0.4, -0.2) is 100 Å². The third kappa shape index (κ3) is 14.1. The number of hydrogen-bond acceptors (Lipinski definition) is 6. The van der Waals surface area contributed by atoms with Gasteiger partial charge in [-0.1, -0.05) is 0 Å². The van der Waals surface area contributed by atoms with E-state index in [1.807, 2.05) is 0 Å². The zero-order valence-electron chi connectivity index (χ0n) is 15.9. The summed E-state index contributed by atoms with van der Waals surface area (Å²) in [7, 11) is 0. The fourth-order valence-electron chi connectivity index (χ4n) is 2.65. The van der Waals surface area contributed by atoms with Crippen LogP contribution in [0.15, 0.2) is 0 Å². The van der Waals surface area contributed by atoms with Crippen molar-refractivity contribution in [2.45, 2.75) is 13.8 Å². The van der Waals surface area contributed by atoms with E-state index in [0.717, 1.165) is 78.5 Å². The third-order valence-corrected chi connectivity index (χ3v) is 4.02. The average molecular weight is 376 g/mol. The molecule has 0 saturated carbocycles. The summed E-state index contributed by atoms with van der Waals surface area (Å²) < 4.78 is 0. The minimum absolute atomic E-state index is 0. The zero-order chi connectivity index (χ0) is 17.6. The van der Waals surface area contributed by atoms with Gasteiger partial charge in [0.05, 0.1) is 0 Å². The van der Waals surface area contributed by atoms with Gasteiger partial charge in [0.25, 0.3) is 0 Å². The fraction of sp³-hybridized carbons (Fsp3) is 0.875. The first kappa shape index (κ1) is 24.2. The van der Waals surface area contributed by atoms with Gasteiger partial charge in [-0.2, -0.15) is 9.90 Å². The lowest BCUT2D eigenvalue weighted by molar-refractivity contribution is -0.119. The number of carbonyl (C=O) groups excluding carboxylic acids is 2. The zero-order valence-corrected chi connectivity index (χ0v) is 17.3. The van der Waals surface area contributed by atoms with Gasteiger partial charge in [0, 0.05) is 92.4 Å². The lowest BCUT2D eigenvalue weighted by Crippen LogP contribution is -2.46. The fourth-order valence-corrected chi connectivity index (χ4v) is 2.65. The minimum Gasteiger partial charge on any atom is -0.355 e. The highest BCUT2D eigenvalue weighted by Crippen LogP contribution is 1.90. The van der Waals surface area contributed by atoms with Crippen LogP contribution in [0.2, 0.25) is 0 Å². The summed E-state index contributed by atoms with van der Waals surface area (Å²) in [6.07, 6.45) is 0. The summed E-state index contributed by atoms with van der Waals surface area (Å²) in [5, 5.41) is 12.2. The Morgan fingerprint density at radius 3 is 1.36 bits per heavy atom. The predicted octanol–water partition coefficient (Wildman–Crippen LogP) is -1.89. The van der Waals surface area contributed by atoms with Crippen LogP contribution in [0, 0.1) is 0 Å². The molecule has 2 fully saturated rings. The summed E-state index contributed by atoms with van der Waals surface area (Å²) in [5.74, 6) is 0.121. The molecule has 2 aliphatic heterocycles. The van der Waals surface area contributed by atoms with Crippen molar-refractivity contribution in [1.29, 1.82) is 0 Å². The van der Waals surface area contributed by atoms with Crippen LogP contribution in [0.5, 0.6) is 0 Å². The molecule has 0 bridgehead atoms. The molecule has 148 valence electrons. The molecule has 9 heteroatoms. The van der Waals surface area contributed by atoms with Crippen LogP contribution in [0.1, 0.15) is 13.8 Å². The molecule has 0 aromatic heterocycles. The van der Waals surface area contributed by atoms with Gasteiger partial charge in [-0.3, -0.25) is 19.4 Å². The summed E-state index contributed by atoms with van der Waals surface area (Å²) in [4.78, 5) is 25.8. The van der Waals surface area contributed by atoms with Crippen LogP contribution in [-0.2, 0) is 9.59 Å². The summed E-state index contributed by atoms with van der Waals surface area (Å²) in [6.45, 7) is 15.3. The van der Waals surface area contributed by atoms with Crippen LogP contribution in [0.3, 0.4) is 0 Å². The van der Waals surface area contributed by atoms with Crippen LogP contribution < -0.4 is 21.3 Å². The number of piperazine rings is 2. The molecule has 2 heterocycles. The second-order valence-electron chi connectivity index (χ2n) is 6.15. The topological polar surface area (TPSA) is 88.7 Å². The summed E-state index contributed by atoms with van der Waals surface area (Å²) in [5.41, 5.74) is 0. The van der Waals surface area contributed by atoms with Gasteiger partial charge in [-0.25, -0.2) is 0 Å². The van der Waals surface area contributed by atoms with Gasteiger partial charge in [0.2, 0.25) is 11.8 Å². The quantitative estimate of drug-likeness (QED) is 0.406. The number of amides is 2. The molecule has 4 N–H and O–H groups in total. The maximum atomic E-state index is 10.5. The number of hydrogen-bond donors (Lipinski definition) is 4. The Morgan fingerprint density at radius 1 is 0.760 bits per heavy atom. The van der Waals surface area contributed by atoms with Gasteiger partial charge in [0.1, 0.15) is 0 Å². The number of nitrogens with zero attached hydrogens (tertiary/aromatic N) is 2. The molecule has 25 heavy (non-hydrogen) atoms. The Bertz CT molecular complexity index is 327. The van der Waals surface area contributed by atoms with Gasteiger partial charge in [-0.15, -0.1) is 0 Å². The highest BCUT2D eigenvalue weighted by atomic mass is 31.0. The largest absolute Gasteiger partial charge is 0.355 e. The SMILES string of the molecule is CC(=O)NCCN1CCNCC1.CC(=O)NCCN1CCNCC1.P. The van der Waals surface area contributed by atoms with E-state index in [2.05, 4.69) is 31.1 Å². The number of rotatable bonds is 6. The van der Waals surface area contributed by atoms with Crippen molar-refractivity contribution in [2.24, 2.45) is 0 Å². The minimum atomic E-state index is 0. The molecule has 2 saturated heterocycles. The first-order valence-corrected chi connectivity index (χ1v) is 8.93. The Labute approximate surface area is 155 Å². The molecule has 0 aromatic rings. The average Bonchev–Trinajstić information content (AvgIpc) is 2.57. The second-order valence-corrected chi connectivity index (χ2v) is 6.15. The first-order valence-electron chi connectivity index (χ1n) is 8.93. The van der Waals surface area contributed by atoms with Gasteiger partial charge < -0.3 is 21.3 Å². The van der Waals surface area contributed by atoms with Crippen LogP contribution >= 0.6 is 9.90 Å². The number of carbonyl (C=O) groups is 2. The lowest BCUT2D eigenvalue weighted by Gasteiger charge is -2.26. The molecular formula is C16H37N6O2P. The van der Waals surface area contributed by atoms with E-state index in [9.17, 15) is 9.59 Å². The molecule has 2 rings (SSSR count). The molecule has 8 nitrogen and oxygen atoms in total. The molecule has 0 aromatic carbocycles. The normalized spacial score (nSPS) is 18.3. The van der Waals surface area contributed by atoms with Gasteiger partial charge in [0.15, 0.2) is 0 Å². The molecular weight excluding hydrogens is 339 g/mol. The smallest absolute Gasteiger partial charge is 0.216 e. The third-order valence-electron chi connectivity index (χ3n) is 4.02. The highest BCUT2D eigenvalue weighted by Gasteiger charge is 2.08. The van der Waals surface area contributed by atoms with Crippen molar-refractivity contribution in [1.82, 2.24) is 31.1 Å². The Kier molecular flexibility index (Phi) is 15.0.